The first-order valence-electron chi connectivity index (χ1n) is 10.4. The van der Waals surface area contributed by atoms with E-state index in [1.54, 1.807) is 6.20 Å². The summed E-state index contributed by atoms with van der Waals surface area (Å²) >= 11 is 0. The van der Waals surface area contributed by atoms with Gasteiger partial charge in [-0.2, -0.15) is 0 Å². The lowest BCUT2D eigenvalue weighted by atomic mass is 9.94. The van der Waals surface area contributed by atoms with Crippen LogP contribution in [-0.4, -0.2) is 40.0 Å². The Balaban J connectivity index is 1.42. The maximum Gasteiger partial charge on any atom is 0.263 e. The van der Waals surface area contributed by atoms with Crippen molar-refractivity contribution in [1.29, 1.82) is 0 Å². The fourth-order valence-corrected chi connectivity index (χ4v) is 3.99. The second kappa shape index (κ2) is 8.60. The number of aromatic nitrogens is 2. The maximum absolute atomic E-state index is 12.7. The summed E-state index contributed by atoms with van der Waals surface area (Å²) in [6.45, 7) is 1.82. The van der Waals surface area contributed by atoms with Crippen molar-refractivity contribution in [2.75, 3.05) is 7.05 Å². The molecule has 5 heteroatoms. The van der Waals surface area contributed by atoms with Crippen LogP contribution in [0.25, 0.3) is 22.3 Å². The van der Waals surface area contributed by atoms with E-state index in [1.165, 1.54) is 19.3 Å². The van der Waals surface area contributed by atoms with Gasteiger partial charge in [0, 0.05) is 18.7 Å². The van der Waals surface area contributed by atoms with Crippen molar-refractivity contribution < 1.29 is 9.53 Å². The molecule has 1 aromatic heterocycles. The molecule has 5 nitrogen and oxygen atoms in total. The Morgan fingerprint density at radius 1 is 1.03 bits per heavy atom. The second-order valence-corrected chi connectivity index (χ2v) is 7.77. The molecular formula is C24H27N3O2. The molecule has 1 amide bonds. The highest BCUT2D eigenvalue weighted by molar-refractivity contribution is 5.81. The molecule has 1 atom stereocenters. The first kappa shape index (κ1) is 19.4. The van der Waals surface area contributed by atoms with Crippen LogP contribution >= 0.6 is 0 Å². The quantitative estimate of drug-likeness (QED) is 0.626. The molecule has 1 aliphatic rings. The Kier molecular flexibility index (Phi) is 5.74. The number of hydrogen-bond acceptors (Lipinski definition) is 4. The molecule has 1 saturated carbocycles. The molecule has 0 aliphatic heterocycles. The Hall–Kier alpha value is -2.95. The number of ether oxygens (including phenoxy) is 1. The number of hydrogen-bond donors (Lipinski definition) is 0. The summed E-state index contributed by atoms with van der Waals surface area (Å²) in [5.74, 6) is 0.724. The van der Waals surface area contributed by atoms with Gasteiger partial charge in [0.1, 0.15) is 5.75 Å². The number of benzene rings is 2. The average Bonchev–Trinajstić information content (AvgIpc) is 2.79. The highest BCUT2D eigenvalue weighted by Gasteiger charge is 2.26. The smallest absolute Gasteiger partial charge is 0.263 e. The predicted molar refractivity (Wildman–Crippen MR) is 115 cm³/mol. The summed E-state index contributed by atoms with van der Waals surface area (Å²) in [6.07, 6.45) is 7.15. The van der Waals surface area contributed by atoms with Gasteiger partial charge in [-0.3, -0.25) is 9.78 Å². The zero-order chi connectivity index (χ0) is 20.2. The van der Waals surface area contributed by atoms with E-state index in [9.17, 15) is 4.79 Å². The molecule has 0 N–H and O–H groups in total. The summed E-state index contributed by atoms with van der Waals surface area (Å²) in [7, 11) is 1.90. The monoisotopic (exact) mass is 389 g/mol. The van der Waals surface area contributed by atoms with Crippen molar-refractivity contribution in [2.45, 2.75) is 51.2 Å². The van der Waals surface area contributed by atoms with E-state index in [-0.39, 0.29) is 5.91 Å². The van der Waals surface area contributed by atoms with Gasteiger partial charge in [-0.1, -0.05) is 31.4 Å². The molecule has 150 valence electrons. The fraction of sp³-hybridized carbons (Fsp3) is 0.375. The van der Waals surface area contributed by atoms with Gasteiger partial charge in [0.15, 0.2) is 6.10 Å². The lowest BCUT2D eigenvalue weighted by molar-refractivity contribution is -0.139. The lowest BCUT2D eigenvalue weighted by Crippen LogP contribution is -2.44. The molecule has 29 heavy (non-hydrogen) atoms. The molecule has 0 saturated heterocycles. The minimum absolute atomic E-state index is 0.0429. The van der Waals surface area contributed by atoms with Crippen LogP contribution in [0.15, 0.2) is 54.7 Å². The molecule has 1 heterocycles. The van der Waals surface area contributed by atoms with Gasteiger partial charge in [0.2, 0.25) is 0 Å². The van der Waals surface area contributed by atoms with Gasteiger partial charge >= 0.3 is 0 Å². The normalized spacial score (nSPS) is 15.8. The van der Waals surface area contributed by atoms with Crippen molar-refractivity contribution in [3.05, 3.63) is 54.7 Å². The SMILES string of the molecule is C[C@@H](Oc1ccc(-c2cnc3ccccc3n2)cc1)C(=O)N(C)C1CCCCC1. The van der Waals surface area contributed by atoms with Crippen molar-refractivity contribution in [1.82, 2.24) is 14.9 Å². The largest absolute Gasteiger partial charge is 0.481 e. The van der Waals surface area contributed by atoms with Crippen LogP contribution < -0.4 is 4.74 Å². The van der Waals surface area contributed by atoms with Gasteiger partial charge in [-0.05, 0) is 56.2 Å². The summed E-state index contributed by atoms with van der Waals surface area (Å²) in [4.78, 5) is 23.8. The molecule has 0 radical (unpaired) electrons. The van der Waals surface area contributed by atoms with Gasteiger partial charge in [0.25, 0.3) is 5.91 Å². The van der Waals surface area contributed by atoms with E-state index in [1.807, 2.05) is 67.4 Å². The van der Waals surface area contributed by atoms with Crippen molar-refractivity contribution in [2.24, 2.45) is 0 Å². The van der Waals surface area contributed by atoms with E-state index < -0.39 is 6.10 Å². The molecule has 2 aromatic carbocycles. The van der Waals surface area contributed by atoms with E-state index in [0.29, 0.717) is 11.8 Å². The van der Waals surface area contributed by atoms with Gasteiger partial charge in [-0.25, -0.2) is 4.98 Å². The van der Waals surface area contributed by atoms with Crippen molar-refractivity contribution >= 4 is 16.9 Å². The highest BCUT2D eigenvalue weighted by Crippen LogP contribution is 2.25. The Morgan fingerprint density at radius 3 is 2.45 bits per heavy atom. The molecule has 1 aliphatic carbocycles. The van der Waals surface area contributed by atoms with Crippen LogP contribution in [0, 0.1) is 0 Å². The average molecular weight is 389 g/mol. The molecule has 0 spiro atoms. The number of carbonyl (C=O) groups is 1. The Bertz CT molecular complexity index is 981. The molecule has 3 aromatic rings. The highest BCUT2D eigenvalue weighted by atomic mass is 16.5. The number of nitrogens with zero attached hydrogens (tertiary/aromatic N) is 3. The number of carbonyl (C=O) groups excluding carboxylic acids is 1. The number of likely N-dealkylation sites (N-methyl/N-ethyl adjacent to an activating group) is 1. The van der Waals surface area contributed by atoms with E-state index in [4.69, 9.17) is 4.74 Å². The Morgan fingerprint density at radius 2 is 1.72 bits per heavy atom. The third kappa shape index (κ3) is 4.39. The van der Waals surface area contributed by atoms with Crippen LogP contribution in [0.3, 0.4) is 0 Å². The zero-order valence-electron chi connectivity index (χ0n) is 17.0. The van der Waals surface area contributed by atoms with Crippen molar-refractivity contribution in [3.63, 3.8) is 0 Å². The molecule has 0 bridgehead atoms. The summed E-state index contributed by atoms with van der Waals surface area (Å²) in [6, 6.07) is 15.8. The standard InChI is InChI=1S/C24H27N3O2/c1-17(24(28)27(2)19-8-4-3-5-9-19)29-20-14-12-18(13-15-20)23-16-25-21-10-6-7-11-22(21)26-23/h6-7,10-17,19H,3-5,8-9H2,1-2H3/t17-/m1/s1. The Labute approximate surface area is 171 Å². The van der Waals surface area contributed by atoms with Crippen LogP contribution in [0.4, 0.5) is 0 Å². The van der Waals surface area contributed by atoms with Crippen molar-refractivity contribution in [3.8, 4) is 17.0 Å². The lowest BCUT2D eigenvalue weighted by Gasteiger charge is -2.32. The predicted octanol–water partition coefficient (Wildman–Crippen LogP) is 4.86. The van der Waals surface area contributed by atoms with Gasteiger partial charge in [0.05, 0.1) is 22.9 Å². The maximum atomic E-state index is 12.7. The zero-order valence-corrected chi connectivity index (χ0v) is 17.0. The fourth-order valence-electron chi connectivity index (χ4n) is 3.99. The first-order chi connectivity index (χ1) is 14.1. The molecule has 4 rings (SSSR count). The van der Waals surface area contributed by atoms with E-state index in [0.717, 1.165) is 35.1 Å². The van der Waals surface area contributed by atoms with E-state index in [2.05, 4.69) is 9.97 Å². The summed E-state index contributed by atoms with van der Waals surface area (Å²) in [5, 5.41) is 0. The number of fused-ring (bicyclic) bond motifs is 1. The minimum atomic E-state index is -0.506. The van der Waals surface area contributed by atoms with Gasteiger partial charge < -0.3 is 9.64 Å². The number of para-hydroxylation sites is 2. The second-order valence-electron chi connectivity index (χ2n) is 7.77. The molecule has 0 unspecified atom stereocenters. The van der Waals surface area contributed by atoms with Crippen LogP contribution in [0.5, 0.6) is 5.75 Å². The van der Waals surface area contributed by atoms with Crippen LogP contribution in [0.1, 0.15) is 39.0 Å². The van der Waals surface area contributed by atoms with Crippen LogP contribution in [-0.2, 0) is 4.79 Å². The summed E-state index contributed by atoms with van der Waals surface area (Å²) in [5.41, 5.74) is 3.53. The molecule has 1 fully saturated rings. The van der Waals surface area contributed by atoms with Gasteiger partial charge in [-0.15, -0.1) is 0 Å². The summed E-state index contributed by atoms with van der Waals surface area (Å²) < 4.78 is 5.92. The topological polar surface area (TPSA) is 55.3 Å². The number of amides is 1. The minimum Gasteiger partial charge on any atom is -0.481 e. The van der Waals surface area contributed by atoms with E-state index >= 15 is 0 Å². The third-order valence-corrected chi connectivity index (χ3v) is 5.73. The van der Waals surface area contributed by atoms with Crippen LogP contribution in [0.2, 0.25) is 0 Å². The first-order valence-corrected chi connectivity index (χ1v) is 10.4. The number of rotatable bonds is 5. The third-order valence-electron chi connectivity index (χ3n) is 5.73. The molecular weight excluding hydrogens is 362 g/mol.